The normalized spacial score (nSPS) is 26.1. The van der Waals surface area contributed by atoms with Gasteiger partial charge in [-0.3, -0.25) is 9.69 Å². The lowest BCUT2D eigenvalue weighted by atomic mass is 9.74. The fourth-order valence-electron chi connectivity index (χ4n) is 4.51. The van der Waals surface area contributed by atoms with E-state index in [1.807, 2.05) is 4.90 Å². The highest BCUT2D eigenvalue weighted by molar-refractivity contribution is 5.73. The van der Waals surface area contributed by atoms with Crippen molar-refractivity contribution < 1.29 is 4.79 Å². The first-order chi connectivity index (χ1) is 10.7. The summed E-state index contributed by atoms with van der Waals surface area (Å²) < 4.78 is 0. The van der Waals surface area contributed by atoms with Crippen LogP contribution in [0.5, 0.6) is 0 Å². The molecule has 3 aliphatic rings. The van der Waals surface area contributed by atoms with Crippen molar-refractivity contribution in [3.8, 4) is 0 Å². The summed E-state index contributed by atoms with van der Waals surface area (Å²) >= 11 is 0. The van der Waals surface area contributed by atoms with Gasteiger partial charge in [0.15, 0.2) is 0 Å². The predicted molar refractivity (Wildman–Crippen MR) is 89.8 cm³/mol. The van der Waals surface area contributed by atoms with Gasteiger partial charge in [-0.15, -0.1) is 0 Å². The van der Waals surface area contributed by atoms with Gasteiger partial charge >= 0.3 is 0 Å². The molecule has 1 heterocycles. The van der Waals surface area contributed by atoms with Crippen LogP contribution in [0.2, 0.25) is 0 Å². The van der Waals surface area contributed by atoms with Gasteiger partial charge in [0.1, 0.15) is 0 Å². The summed E-state index contributed by atoms with van der Waals surface area (Å²) in [4.78, 5) is 15.8. The van der Waals surface area contributed by atoms with Crippen LogP contribution in [0.25, 0.3) is 0 Å². The third kappa shape index (κ3) is 4.02. The minimum absolute atomic E-state index is 0.226. The lowest BCUT2D eigenvalue weighted by molar-refractivity contribution is -0.130. The smallest absolute Gasteiger partial charge is 0.219 e. The van der Waals surface area contributed by atoms with Crippen molar-refractivity contribution in [3.05, 3.63) is 0 Å². The number of rotatable bonds is 6. The lowest BCUT2D eigenvalue weighted by Gasteiger charge is -2.39. The third-order valence-corrected chi connectivity index (χ3v) is 6.19. The van der Waals surface area contributed by atoms with Gasteiger partial charge < -0.3 is 10.2 Å². The van der Waals surface area contributed by atoms with Crippen LogP contribution in [0.1, 0.15) is 51.9 Å². The maximum Gasteiger partial charge on any atom is 0.219 e. The summed E-state index contributed by atoms with van der Waals surface area (Å²) in [5, 5.41) is 3.92. The molecule has 22 heavy (non-hydrogen) atoms. The summed E-state index contributed by atoms with van der Waals surface area (Å²) in [6.45, 7) is 7.84. The fraction of sp³-hybridized carbons (Fsp3) is 0.944. The van der Waals surface area contributed by atoms with Crippen LogP contribution in [0, 0.1) is 11.8 Å². The second-order valence-electron chi connectivity index (χ2n) is 7.56. The second kappa shape index (κ2) is 7.78. The van der Waals surface area contributed by atoms with Crippen LogP contribution in [-0.4, -0.2) is 61.0 Å². The maximum atomic E-state index is 11.4. The average Bonchev–Trinajstić information content (AvgIpc) is 2.98. The molecule has 1 aliphatic heterocycles. The van der Waals surface area contributed by atoms with Gasteiger partial charge in [-0.2, -0.15) is 0 Å². The van der Waals surface area contributed by atoms with Crippen LogP contribution in [-0.2, 0) is 4.79 Å². The Kier molecular flexibility index (Phi) is 5.75. The Morgan fingerprint density at radius 3 is 2.09 bits per heavy atom. The Hall–Kier alpha value is -0.610. The molecule has 1 amide bonds. The molecule has 3 fully saturated rings. The highest BCUT2D eigenvalue weighted by Gasteiger charge is 2.34. The first-order valence-corrected chi connectivity index (χ1v) is 9.45. The van der Waals surface area contributed by atoms with Crippen LogP contribution >= 0.6 is 0 Å². The zero-order chi connectivity index (χ0) is 15.4. The van der Waals surface area contributed by atoms with Gasteiger partial charge in [-0.05, 0) is 37.5 Å². The molecule has 1 saturated heterocycles. The minimum Gasteiger partial charge on any atom is -0.340 e. The van der Waals surface area contributed by atoms with E-state index in [-0.39, 0.29) is 5.91 Å². The number of piperazine rings is 1. The number of carbonyl (C=O) groups is 1. The number of nitrogens with zero attached hydrogens (tertiary/aromatic N) is 2. The predicted octanol–water partition coefficient (Wildman–Crippen LogP) is 2.10. The Morgan fingerprint density at radius 2 is 1.59 bits per heavy atom. The lowest BCUT2D eigenvalue weighted by Crippen LogP contribution is -2.51. The van der Waals surface area contributed by atoms with Gasteiger partial charge in [-0.1, -0.05) is 19.3 Å². The maximum absolute atomic E-state index is 11.4. The first kappa shape index (κ1) is 16.3. The molecule has 4 heteroatoms. The van der Waals surface area contributed by atoms with Crippen molar-refractivity contribution in [3.63, 3.8) is 0 Å². The monoisotopic (exact) mass is 307 g/mol. The Balaban J connectivity index is 1.38. The summed E-state index contributed by atoms with van der Waals surface area (Å²) in [7, 11) is 0. The summed E-state index contributed by atoms with van der Waals surface area (Å²) in [5.41, 5.74) is 0. The molecule has 3 rings (SSSR count). The molecule has 1 unspecified atom stereocenters. The molecule has 0 spiro atoms. The van der Waals surface area contributed by atoms with Gasteiger partial charge in [0.2, 0.25) is 5.91 Å². The molecule has 126 valence electrons. The second-order valence-corrected chi connectivity index (χ2v) is 7.56. The van der Waals surface area contributed by atoms with Crippen LogP contribution in [0.15, 0.2) is 0 Å². The van der Waals surface area contributed by atoms with E-state index < -0.39 is 0 Å². The summed E-state index contributed by atoms with van der Waals surface area (Å²) in [6, 6.07) is 0.787. The van der Waals surface area contributed by atoms with Crippen LogP contribution in [0.4, 0.5) is 0 Å². The molecule has 1 atom stereocenters. The standard InChI is InChI=1S/C18H33N3O/c1-15(22)21-13-11-20(12-14-21)10-9-19-18(17-7-4-8-17)16-5-2-3-6-16/h16-19H,2-14H2,1H3. The molecular weight excluding hydrogens is 274 g/mol. The van der Waals surface area contributed by atoms with Crippen molar-refractivity contribution >= 4 is 5.91 Å². The molecule has 2 aliphatic carbocycles. The van der Waals surface area contributed by atoms with E-state index in [1.165, 1.54) is 44.9 Å². The molecule has 0 aromatic rings. The van der Waals surface area contributed by atoms with E-state index in [9.17, 15) is 4.79 Å². The zero-order valence-corrected chi connectivity index (χ0v) is 14.2. The van der Waals surface area contributed by atoms with Crippen LogP contribution in [0.3, 0.4) is 0 Å². The Bertz CT molecular complexity index is 355. The van der Waals surface area contributed by atoms with Gasteiger partial charge in [0, 0.05) is 52.2 Å². The highest BCUT2D eigenvalue weighted by atomic mass is 16.2. The SMILES string of the molecule is CC(=O)N1CCN(CCNC(C2CCCC2)C2CCC2)CC1. The van der Waals surface area contributed by atoms with Crippen molar-refractivity contribution in [2.45, 2.75) is 57.9 Å². The van der Waals surface area contributed by atoms with E-state index in [1.54, 1.807) is 6.92 Å². The molecule has 2 saturated carbocycles. The van der Waals surface area contributed by atoms with E-state index in [2.05, 4.69) is 10.2 Å². The molecule has 0 radical (unpaired) electrons. The Labute approximate surface area is 135 Å². The van der Waals surface area contributed by atoms with E-state index in [4.69, 9.17) is 0 Å². The fourth-order valence-corrected chi connectivity index (χ4v) is 4.51. The summed E-state index contributed by atoms with van der Waals surface area (Å²) in [5.74, 6) is 2.13. The van der Waals surface area contributed by atoms with Gasteiger partial charge in [0.05, 0.1) is 0 Å². The Morgan fingerprint density at radius 1 is 1.00 bits per heavy atom. The van der Waals surface area contributed by atoms with Gasteiger partial charge in [0.25, 0.3) is 0 Å². The topological polar surface area (TPSA) is 35.6 Å². The quantitative estimate of drug-likeness (QED) is 0.816. The average molecular weight is 307 g/mol. The third-order valence-electron chi connectivity index (χ3n) is 6.19. The van der Waals surface area contributed by atoms with E-state index in [0.717, 1.165) is 57.1 Å². The first-order valence-electron chi connectivity index (χ1n) is 9.45. The van der Waals surface area contributed by atoms with Crippen molar-refractivity contribution in [2.75, 3.05) is 39.3 Å². The van der Waals surface area contributed by atoms with Crippen molar-refractivity contribution in [2.24, 2.45) is 11.8 Å². The van der Waals surface area contributed by atoms with E-state index >= 15 is 0 Å². The number of carbonyl (C=O) groups excluding carboxylic acids is 1. The largest absolute Gasteiger partial charge is 0.340 e. The molecule has 0 bridgehead atoms. The van der Waals surface area contributed by atoms with Crippen molar-refractivity contribution in [1.82, 2.24) is 15.1 Å². The molecule has 4 nitrogen and oxygen atoms in total. The zero-order valence-electron chi connectivity index (χ0n) is 14.2. The molecular formula is C18H33N3O. The number of amides is 1. The van der Waals surface area contributed by atoms with Crippen molar-refractivity contribution in [1.29, 1.82) is 0 Å². The van der Waals surface area contributed by atoms with E-state index in [0.29, 0.717) is 0 Å². The molecule has 0 aromatic heterocycles. The number of hydrogen-bond acceptors (Lipinski definition) is 3. The van der Waals surface area contributed by atoms with Gasteiger partial charge in [-0.25, -0.2) is 0 Å². The molecule has 0 aromatic carbocycles. The highest BCUT2D eigenvalue weighted by Crippen LogP contribution is 2.38. The number of hydrogen-bond donors (Lipinski definition) is 1. The minimum atomic E-state index is 0.226. The summed E-state index contributed by atoms with van der Waals surface area (Å²) in [6.07, 6.45) is 10.1. The van der Waals surface area contributed by atoms with Crippen LogP contribution < -0.4 is 5.32 Å². The molecule has 1 N–H and O–H groups in total. The number of nitrogens with one attached hydrogen (secondary N) is 1.